The van der Waals surface area contributed by atoms with Gasteiger partial charge in [0, 0.05) is 43.0 Å². The van der Waals surface area contributed by atoms with Crippen molar-refractivity contribution >= 4 is 0 Å². The number of fused-ring (bicyclic) bond motifs is 1. The second-order valence-electron chi connectivity index (χ2n) is 4.22. The van der Waals surface area contributed by atoms with Crippen LogP contribution in [0.2, 0.25) is 0 Å². The molecule has 0 spiro atoms. The Hall–Kier alpha value is -1.81. The van der Waals surface area contributed by atoms with E-state index in [0.29, 0.717) is 6.61 Å². The molecule has 1 aromatic carbocycles. The summed E-state index contributed by atoms with van der Waals surface area (Å²) in [5, 5.41) is 7.55. The molecule has 4 nitrogen and oxygen atoms in total. The van der Waals surface area contributed by atoms with E-state index in [0.717, 1.165) is 30.0 Å². The highest BCUT2D eigenvalue weighted by atomic mass is 16.5. The van der Waals surface area contributed by atoms with Gasteiger partial charge in [0.25, 0.3) is 0 Å². The van der Waals surface area contributed by atoms with Crippen LogP contribution < -0.4 is 10.1 Å². The van der Waals surface area contributed by atoms with E-state index in [1.165, 1.54) is 5.56 Å². The number of nitrogens with one attached hydrogen (secondary N) is 1. The Bertz CT molecular complexity index is 533. The number of aryl methyl sites for hydroxylation is 1. The molecule has 0 fully saturated rings. The molecule has 2 heterocycles. The molecular formula is C13H15N3O. The van der Waals surface area contributed by atoms with Gasteiger partial charge < -0.3 is 10.1 Å². The lowest BCUT2D eigenvalue weighted by atomic mass is 10.0. The first kappa shape index (κ1) is 10.4. The zero-order valence-corrected chi connectivity index (χ0v) is 9.81. The summed E-state index contributed by atoms with van der Waals surface area (Å²) >= 11 is 0. The lowest BCUT2D eigenvalue weighted by Gasteiger charge is -2.11. The highest BCUT2D eigenvalue weighted by molar-refractivity contribution is 5.71. The molecule has 0 saturated heterocycles. The Balaban J connectivity index is 2.11. The number of ether oxygens (including phenoxy) is 1. The van der Waals surface area contributed by atoms with Crippen LogP contribution in [0.1, 0.15) is 5.56 Å². The molecule has 1 aliphatic rings. The molecular weight excluding hydrogens is 214 g/mol. The minimum atomic E-state index is 0.713. The third kappa shape index (κ3) is 1.91. The maximum Gasteiger partial charge on any atom is 0.131 e. The van der Waals surface area contributed by atoms with E-state index in [4.69, 9.17) is 4.74 Å². The van der Waals surface area contributed by atoms with Gasteiger partial charge in [-0.05, 0) is 0 Å². The number of benzene rings is 1. The van der Waals surface area contributed by atoms with Gasteiger partial charge in [0.05, 0.1) is 6.20 Å². The summed E-state index contributed by atoms with van der Waals surface area (Å²) in [6, 6.07) is 6.26. The highest BCUT2D eigenvalue weighted by Gasteiger charge is 2.14. The van der Waals surface area contributed by atoms with Gasteiger partial charge in [-0.1, -0.05) is 18.2 Å². The summed E-state index contributed by atoms with van der Waals surface area (Å²) in [6.45, 7) is 2.47. The Morgan fingerprint density at radius 2 is 2.35 bits per heavy atom. The molecule has 17 heavy (non-hydrogen) atoms. The number of para-hydroxylation sites is 1. The minimum Gasteiger partial charge on any atom is -0.491 e. The van der Waals surface area contributed by atoms with E-state index in [2.05, 4.69) is 28.6 Å². The van der Waals surface area contributed by atoms with Crippen molar-refractivity contribution in [2.45, 2.75) is 6.54 Å². The van der Waals surface area contributed by atoms with Crippen molar-refractivity contribution in [2.75, 3.05) is 13.2 Å². The fraction of sp³-hybridized carbons (Fsp3) is 0.308. The van der Waals surface area contributed by atoms with Gasteiger partial charge >= 0.3 is 0 Å². The second-order valence-corrected chi connectivity index (χ2v) is 4.22. The predicted molar refractivity (Wildman–Crippen MR) is 65.8 cm³/mol. The van der Waals surface area contributed by atoms with Crippen molar-refractivity contribution in [2.24, 2.45) is 7.05 Å². The summed E-state index contributed by atoms with van der Waals surface area (Å²) in [7, 11) is 1.92. The number of hydrogen-bond donors (Lipinski definition) is 1. The molecule has 0 saturated carbocycles. The highest BCUT2D eigenvalue weighted by Crippen LogP contribution is 2.33. The molecule has 0 radical (unpaired) electrons. The summed E-state index contributed by atoms with van der Waals surface area (Å²) in [5.41, 5.74) is 3.44. The third-order valence-corrected chi connectivity index (χ3v) is 2.95. The SMILES string of the molecule is Cn1cc(-c2cccc3c2OCCNC3)cn1. The summed E-state index contributed by atoms with van der Waals surface area (Å²) in [4.78, 5) is 0. The van der Waals surface area contributed by atoms with Gasteiger partial charge in [-0.3, -0.25) is 4.68 Å². The zero-order valence-electron chi connectivity index (χ0n) is 9.81. The molecule has 4 heteroatoms. The number of rotatable bonds is 1. The zero-order chi connectivity index (χ0) is 11.7. The van der Waals surface area contributed by atoms with Gasteiger partial charge in [-0.15, -0.1) is 0 Å². The first-order valence-electron chi connectivity index (χ1n) is 5.79. The lowest BCUT2D eigenvalue weighted by Crippen LogP contribution is -2.16. The second kappa shape index (κ2) is 4.22. The molecule has 0 atom stereocenters. The molecule has 2 aromatic rings. The van der Waals surface area contributed by atoms with Gasteiger partial charge in [0.15, 0.2) is 0 Å². The van der Waals surface area contributed by atoms with Crippen molar-refractivity contribution in [1.82, 2.24) is 15.1 Å². The molecule has 0 bridgehead atoms. The smallest absolute Gasteiger partial charge is 0.131 e. The molecule has 1 aromatic heterocycles. The largest absolute Gasteiger partial charge is 0.491 e. The lowest BCUT2D eigenvalue weighted by molar-refractivity contribution is 0.327. The van der Waals surface area contributed by atoms with E-state index >= 15 is 0 Å². The van der Waals surface area contributed by atoms with Gasteiger partial charge in [0.1, 0.15) is 12.4 Å². The van der Waals surface area contributed by atoms with Crippen LogP contribution in [-0.2, 0) is 13.6 Å². The number of aromatic nitrogens is 2. The molecule has 0 unspecified atom stereocenters. The Labute approximate surface area is 100 Å². The van der Waals surface area contributed by atoms with Crippen LogP contribution >= 0.6 is 0 Å². The third-order valence-electron chi connectivity index (χ3n) is 2.95. The van der Waals surface area contributed by atoms with E-state index < -0.39 is 0 Å². The maximum atomic E-state index is 5.84. The van der Waals surface area contributed by atoms with Crippen molar-refractivity contribution < 1.29 is 4.74 Å². The summed E-state index contributed by atoms with van der Waals surface area (Å²) in [5.74, 6) is 0.991. The van der Waals surface area contributed by atoms with Crippen LogP contribution in [0, 0.1) is 0 Å². The number of hydrogen-bond acceptors (Lipinski definition) is 3. The fourth-order valence-electron chi connectivity index (χ4n) is 2.13. The van der Waals surface area contributed by atoms with Crippen molar-refractivity contribution in [3.8, 4) is 16.9 Å². The Kier molecular flexibility index (Phi) is 2.57. The fourth-order valence-corrected chi connectivity index (χ4v) is 2.13. The molecule has 0 aliphatic carbocycles. The Morgan fingerprint density at radius 3 is 3.18 bits per heavy atom. The molecule has 1 aliphatic heterocycles. The standard InChI is InChI=1S/C13H15N3O/c1-16-9-11(8-15-16)12-4-2-3-10-7-14-5-6-17-13(10)12/h2-4,8-9,14H,5-7H2,1H3. The van der Waals surface area contributed by atoms with Crippen LogP contribution in [0.3, 0.4) is 0 Å². The van der Waals surface area contributed by atoms with Crippen LogP contribution in [0.5, 0.6) is 5.75 Å². The Morgan fingerprint density at radius 1 is 1.41 bits per heavy atom. The maximum absolute atomic E-state index is 5.84. The van der Waals surface area contributed by atoms with Gasteiger partial charge in [0.2, 0.25) is 0 Å². The van der Waals surface area contributed by atoms with Crippen LogP contribution in [-0.4, -0.2) is 22.9 Å². The monoisotopic (exact) mass is 229 g/mol. The number of nitrogens with zero attached hydrogens (tertiary/aromatic N) is 2. The minimum absolute atomic E-state index is 0.713. The van der Waals surface area contributed by atoms with Crippen LogP contribution in [0.25, 0.3) is 11.1 Å². The quantitative estimate of drug-likeness (QED) is 0.806. The average molecular weight is 229 g/mol. The summed E-state index contributed by atoms with van der Waals surface area (Å²) in [6.07, 6.45) is 3.88. The first-order valence-corrected chi connectivity index (χ1v) is 5.79. The van der Waals surface area contributed by atoms with E-state index in [1.807, 2.05) is 24.1 Å². The first-order chi connectivity index (χ1) is 8.34. The van der Waals surface area contributed by atoms with E-state index in [-0.39, 0.29) is 0 Å². The molecule has 1 N–H and O–H groups in total. The molecule has 3 rings (SSSR count). The average Bonchev–Trinajstić information content (AvgIpc) is 2.63. The molecule has 88 valence electrons. The van der Waals surface area contributed by atoms with Crippen LogP contribution in [0.4, 0.5) is 0 Å². The van der Waals surface area contributed by atoms with E-state index in [9.17, 15) is 0 Å². The van der Waals surface area contributed by atoms with Crippen molar-refractivity contribution in [3.05, 3.63) is 36.2 Å². The summed E-state index contributed by atoms with van der Waals surface area (Å²) < 4.78 is 7.65. The van der Waals surface area contributed by atoms with Crippen molar-refractivity contribution in [1.29, 1.82) is 0 Å². The van der Waals surface area contributed by atoms with E-state index in [1.54, 1.807) is 0 Å². The topological polar surface area (TPSA) is 39.1 Å². The predicted octanol–water partition coefficient (Wildman–Crippen LogP) is 1.57. The normalized spacial score (nSPS) is 14.9. The van der Waals surface area contributed by atoms with Crippen LogP contribution in [0.15, 0.2) is 30.6 Å². The van der Waals surface area contributed by atoms with Crippen molar-refractivity contribution in [3.63, 3.8) is 0 Å². The molecule has 0 amide bonds. The van der Waals surface area contributed by atoms with Gasteiger partial charge in [-0.2, -0.15) is 5.10 Å². The van der Waals surface area contributed by atoms with Gasteiger partial charge in [-0.25, -0.2) is 0 Å².